The third-order valence-electron chi connectivity index (χ3n) is 4.78. The van der Waals surface area contributed by atoms with Crippen molar-refractivity contribution in [2.75, 3.05) is 6.54 Å². The van der Waals surface area contributed by atoms with Crippen molar-refractivity contribution in [1.82, 2.24) is 5.32 Å². The van der Waals surface area contributed by atoms with Gasteiger partial charge in [-0.1, -0.05) is 46.6 Å². The van der Waals surface area contributed by atoms with Crippen LogP contribution in [0.3, 0.4) is 0 Å². The summed E-state index contributed by atoms with van der Waals surface area (Å²) in [7, 11) is 0. The summed E-state index contributed by atoms with van der Waals surface area (Å²) >= 11 is 0. The van der Waals surface area contributed by atoms with Crippen LogP contribution in [0.5, 0.6) is 0 Å². The van der Waals surface area contributed by atoms with E-state index in [1.54, 1.807) is 19.9 Å². The minimum atomic E-state index is -4.46. The Balaban J connectivity index is 5.09. The highest BCUT2D eigenvalue weighted by Crippen LogP contribution is 2.32. The molecule has 0 saturated carbocycles. The largest absolute Gasteiger partial charge is 0.417 e. The molecule has 0 aliphatic rings. The molecule has 0 aromatic heterocycles. The molecular formula is C21H35F5N2. The van der Waals surface area contributed by atoms with Gasteiger partial charge >= 0.3 is 6.18 Å². The fraction of sp³-hybridized carbons (Fsp3) is 0.762. The summed E-state index contributed by atoms with van der Waals surface area (Å²) in [6, 6.07) is 0. The number of nitrogens with zero attached hydrogens (tertiary/aromatic N) is 1. The Labute approximate surface area is 166 Å². The van der Waals surface area contributed by atoms with E-state index < -0.39 is 17.7 Å². The van der Waals surface area contributed by atoms with Crippen LogP contribution in [0.2, 0.25) is 0 Å². The Morgan fingerprint density at radius 3 is 2.21 bits per heavy atom. The second-order valence-corrected chi connectivity index (χ2v) is 7.17. The average molecular weight is 411 g/mol. The smallest absolute Gasteiger partial charge is 0.370 e. The highest BCUT2D eigenvalue weighted by atomic mass is 19.4. The van der Waals surface area contributed by atoms with E-state index in [9.17, 15) is 22.0 Å². The standard InChI is InChI=1S/C21H35F5N2/c1-6-10-12-17(16(5)13-20(22,23)9-4)14-27-19(8-3)28-15-18(11-7-2)21(24,25)26/h8,11,15-17,27H,6-7,9-10,12-14H2,1-5H3/b18-11+,19-8-,28-15+. The van der Waals surface area contributed by atoms with E-state index in [0.717, 1.165) is 31.6 Å². The maximum atomic E-state index is 13.8. The Morgan fingerprint density at radius 1 is 1.11 bits per heavy atom. The summed E-state index contributed by atoms with van der Waals surface area (Å²) in [5, 5.41) is 3.04. The van der Waals surface area contributed by atoms with E-state index >= 15 is 0 Å². The van der Waals surface area contributed by atoms with Crippen LogP contribution in [0.15, 0.2) is 28.5 Å². The summed E-state index contributed by atoms with van der Waals surface area (Å²) in [6.07, 6.45) is 1.54. The summed E-state index contributed by atoms with van der Waals surface area (Å²) in [5.74, 6) is -2.60. The first-order valence-corrected chi connectivity index (χ1v) is 10.1. The number of unbranched alkanes of at least 4 members (excludes halogenated alkanes) is 1. The van der Waals surface area contributed by atoms with Crippen molar-refractivity contribution in [3.8, 4) is 0 Å². The molecule has 164 valence electrons. The van der Waals surface area contributed by atoms with Crippen LogP contribution < -0.4 is 5.32 Å². The number of aliphatic imine (C=N–C) groups is 1. The van der Waals surface area contributed by atoms with Gasteiger partial charge in [-0.25, -0.2) is 13.8 Å². The zero-order chi connectivity index (χ0) is 21.8. The van der Waals surface area contributed by atoms with Gasteiger partial charge in [0.25, 0.3) is 0 Å². The molecule has 0 aliphatic carbocycles. The predicted octanol–water partition coefficient (Wildman–Crippen LogP) is 7.28. The number of rotatable bonds is 13. The number of hydrogen-bond acceptors (Lipinski definition) is 2. The molecule has 0 heterocycles. The van der Waals surface area contributed by atoms with Gasteiger partial charge < -0.3 is 5.32 Å². The van der Waals surface area contributed by atoms with E-state index in [0.29, 0.717) is 12.4 Å². The number of hydrogen-bond donors (Lipinski definition) is 1. The Kier molecular flexibility index (Phi) is 12.3. The van der Waals surface area contributed by atoms with Gasteiger partial charge in [-0.3, -0.25) is 0 Å². The van der Waals surface area contributed by atoms with Crippen LogP contribution in [0.25, 0.3) is 0 Å². The highest BCUT2D eigenvalue weighted by Gasteiger charge is 2.33. The first kappa shape index (κ1) is 26.6. The van der Waals surface area contributed by atoms with Gasteiger partial charge in [-0.2, -0.15) is 13.2 Å². The summed E-state index contributed by atoms with van der Waals surface area (Å²) in [4.78, 5) is 3.92. The predicted molar refractivity (Wildman–Crippen MR) is 107 cm³/mol. The van der Waals surface area contributed by atoms with Gasteiger partial charge in [0.2, 0.25) is 5.92 Å². The molecule has 0 saturated heterocycles. The normalized spacial score (nSPS) is 16.5. The zero-order valence-electron chi connectivity index (χ0n) is 17.7. The number of halogens is 5. The molecule has 0 aliphatic heterocycles. The van der Waals surface area contributed by atoms with Crippen molar-refractivity contribution in [2.45, 2.75) is 85.2 Å². The topological polar surface area (TPSA) is 24.4 Å². The summed E-state index contributed by atoms with van der Waals surface area (Å²) in [5.41, 5.74) is -0.797. The van der Waals surface area contributed by atoms with Crippen molar-refractivity contribution >= 4 is 6.21 Å². The Bertz CT molecular complexity index is 521. The van der Waals surface area contributed by atoms with Gasteiger partial charge in [-0.05, 0) is 37.7 Å². The molecule has 0 fully saturated rings. The number of alkyl halides is 5. The maximum Gasteiger partial charge on any atom is 0.417 e. The molecule has 28 heavy (non-hydrogen) atoms. The van der Waals surface area contributed by atoms with Crippen molar-refractivity contribution in [3.05, 3.63) is 23.5 Å². The molecule has 0 radical (unpaired) electrons. The van der Waals surface area contributed by atoms with Crippen molar-refractivity contribution in [1.29, 1.82) is 0 Å². The van der Waals surface area contributed by atoms with Crippen LogP contribution in [0, 0.1) is 11.8 Å². The minimum Gasteiger partial charge on any atom is -0.370 e. The Morgan fingerprint density at radius 2 is 1.75 bits per heavy atom. The van der Waals surface area contributed by atoms with E-state index in [2.05, 4.69) is 10.3 Å². The maximum absolute atomic E-state index is 13.8. The van der Waals surface area contributed by atoms with E-state index in [1.807, 2.05) is 13.8 Å². The second-order valence-electron chi connectivity index (χ2n) is 7.17. The lowest BCUT2D eigenvalue weighted by Gasteiger charge is -2.28. The number of nitrogens with one attached hydrogen (secondary N) is 1. The van der Waals surface area contributed by atoms with Crippen molar-refractivity contribution < 1.29 is 22.0 Å². The molecular weight excluding hydrogens is 375 g/mol. The van der Waals surface area contributed by atoms with Gasteiger partial charge in [0.15, 0.2) is 0 Å². The molecule has 0 amide bonds. The van der Waals surface area contributed by atoms with E-state index in [1.165, 1.54) is 6.92 Å². The monoisotopic (exact) mass is 410 g/mol. The molecule has 2 unspecified atom stereocenters. The molecule has 1 N–H and O–H groups in total. The van der Waals surface area contributed by atoms with Crippen LogP contribution in [-0.4, -0.2) is 24.9 Å². The lowest BCUT2D eigenvalue weighted by molar-refractivity contribution is -0.0858. The van der Waals surface area contributed by atoms with E-state index in [-0.39, 0.29) is 31.1 Å². The molecule has 2 atom stereocenters. The third-order valence-corrected chi connectivity index (χ3v) is 4.78. The first-order valence-electron chi connectivity index (χ1n) is 10.1. The highest BCUT2D eigenvalue weighted by molar-refractivity contribution is 5.80. The minimum absolute atomic E-state index is 0.00389. The summed E-state index contributed by atoms with van der Waals surface area (Å²) in [6.45, 7) is 9.02. The number of allylic oxidation sites excluding steroid dienone is 3. The quantitative estimate of drug-likeness (QED) is 0.250. The van der Waals surface area contributed by atoms with Crippen LogP contribution in [0.4, 0.5) is 22.0 Å². The second kappa shape index (κ2) is 12.9. The molecule has 0 aromatic carbocycles. The molecule has 2 nitrogen and oxygen atoms in total. The van der Waals surface area contributed by atoms with E-state index in [4.69, 9.17) is 0 Å². The van der Waals surface area contributed by atoms with Crippen LogP contribution in [-0.2, 0) is 0 Å². The molecule has 0 rings (SSSR count). The Hall–Kier alpha value is -1.40. The lowest BCUT2D eigenvalue weighted by atomic mass is 9.84. The lowest BCUT2D eigenvalue weighted by Crippen LogP contribution is -2.30. The van der Waals surface area contributed by atoms with Crippen LogP contribution in [0.1, 0.15) is 73.1 Å². The molecule has 0 spiro atoms. The van der Waals surface area contributed by atoms with Gasteiger partial charge in [0, 0.05) is 25.6 Å². The van der Waals surface area contributed by atoms with Gasteiger partial charge in [-0.15, -0.1) is 0 Å². The SMILES string of the molecule is C\C=C(/N=C/C(=C\CC)C(F)(F)F)NCC(CCCC)C(C)CC(F)(F)CC. The van der Waals surface area contributed by atoms with Gasteiger partial charge in [0.1, 0.15) is 5.82 Å². The van der Waals surface area contributed by atoms with Crippen LogP contribution >= 0.6 is 0 Å². The average Bonchev–Trinajstić information content (AvgIpc) is 2.61. The van der Waals surface area contributed by atoms with Crippen molar-refractivity contribution in [3.63, 3.8) is 0 Å². The fourth-order valence-electron chi connectivity index (χ4n) is 2.89. The molecule has 0 bridgehead atoms. The summed E-state index contributed by atoms with van der Waals surface area (Å²) < 4.78 is 66.4. The fourth-order valence-corrected chi connectivity index (χ4v) is 2.89. The first-order chi connectivity index (χ1) is 13.0. The zero-order valence-corrected chi connectivity index (χ0v) is 17.7. The van der Waals surface area contributed by atoms with Gasteiger partial charge in [0.05, 0.1) is 5.57 Å². The molecule has 0 aromatic rings. The molecule has 7 heteroatoms. The third kappa shape index (κ3) is 10.8. The van der Waals surface area contributed by atoms with Crippen molar-refractivity contribution in [2.24, 2.45) is 16.8 Å².